The van der Waals surface area contributed by atoms with E-state index in [4.69, 9.17) is 18.9 Å². The minimum absolute atomic E-state index is 0.0159. The molecule has 4 amide bonds. The Morgan fingerprint density at radius 1 is 0.912 bits per heavy atom. The van der Waals surface area contributed by atoms with E-state index in [0.717, 1.165) is 59.7 Å². The van der Waals surface area contributed by atoms with Gasteiger partial charge in [-0.15, -0.1) is 32.9 Å². The molecule has 3 aliphatic rings. The number of aliphatic imine (C=N–C) groups is 1. The van der Waals surface area contributed by atoms with Crippen LogP contribution in [0.3, 0.4) is 0 Å². The summed E-state index contributed by atoms with van der Waals surface area (Å²) in [5.41, 5.74) is 9.08. The SMILES string of the molecule is COC(=O)C[C@@H]1N=C(c2ccc(N3CC[C@@H](C(=O)NCCOc4ccc5oc(C(=O)N[C@H](C(=O)N6C[C@H](O)C[C@H]6C(=O)N[C@@H](C)c6ccc(-c7scnc7C)cc6)C(C)(C)C)cc5c4)C3)cc2)c2c(sc(C)c2C)-n2c(C)nnc21. The maximum atomic E-state index is 14.4. The van der Waals surface area contributed by atoms with Gasteiger partial charge in [-0.3, -0.25) is 33.5 Å². The Kier molecular flexibility index (Phi) is 15.8. The number of carbonyl (C=O) groups is 5. The molecule has 21 heteroatoms. The smallest absolute Gasteiger partial charge is 0.308 e. The number of aromatic nitrogens is 4. The number of aliphatic hydroxyl groups is 1. The number of esters is 1. The number of anilines is 1. The van der Waals surface area contributed by atoms with Crippen LogP contribution in [-0.4, -0.2) is 123 Å². The van der Waals surface area contributed by atoms with Crippen molar-refractivity contribution in [1.29, 1.82) is 0 Å². The molecule has 19 nitrogen and oxygen atoms in total. The molecule has 0 radical (unpaired) electrons. The van der Waals surface area contributed by atoms with Crippen molar-refractivity contribution in [1.82, 2.24) is 40.6 Å². The van der Waals surface area contributed by atoms with Crippen LogP contribution in [0, 0.1) is 39.0 Å². The first-order valence-electron chi connectivity index (χ1n) is 26.8. The molecule has 3 aromatic carbocycles. The first-order valence-corrected chi connectivity index (χ1v) is 28.5. The molecule has 0 aliphatic carbocycles. The molecule has 4 aromatic heterocycles. The predicted octanol–water partition coefficient (Wildman–Crippen LogP) is 7.89. The molecular formula is C59H66N10O9S2. The van der Waals surface area contributed by atoms with E-state index >= 15 is 0 Å². The van der Waals surface area contributed by atoms with Gasteiger partial charge in [0.15, 0.2) is 11.6 Å². The van der Waals surface area contributed by atoms with E-state index in [1.54, 1.807) is 46.9 Å². The van der Waals surface area contributed by atoms with Crippen LogP contribution in [0.15, 0.2) is 87.7 Å². The summed E-state index contributed by atoms with van der Waals surface area (Å²) in [6.07, 6.45) is -0.152. The molecule has 6 atom stereocenters. The minimum atomic E-state index is -1.07. The van der Waals surface area contributed by atoms with Crippen molar-refractivity contribution in [2.24, 2.45) is 16.3 Å². The second-order valence-electron chi connectivity index (χ2n) is 21.9. The van der Waals surface area contributed by atoms with Gasteiger partial charge >= 0.3 is 5.97 Å². The molecule has 0 bridgehead atoms. The van der Waals surface area contributed by atoms with Gasteiger partial charge in [-0.25, -0.2) is 4.98 Å². The molecule has 2 saturated heterocycles. The zero-order valence-electron chi connectivity index (χ0n) is 46.3. The highest BCUT2D eigenvalue weighted by Crippen LogP contribution is 2.40. The Labute approximate surface area is 471 Å². The first kappa shape index (κ1) is 55.6. The minimum Gasteiger partial charge on any atom is -0.492 e. The van der Waals surface area contributed by atoms with Gasteiger partial charge in [0.25, 0.3) is 5.91 Å². The molecule has 10 rings (SSSR count). The predicted molar refractivity (Wildman–Crippen MR) is 306 cm³/mol. The second-order valence-corrected chi connectivity index (χ2v) is 24.0. The number of benzene rings is 3. The van der Waals surface area contributed by atoms with Crippen LogP contribution in [-0.2, 0) is 23.9 Å². The molecular weight excluding hydrogens is 1060 g/mol. The van der Waals surface area contributed by atoms with E-state index in [2.05, 4.69) is 62.0 Å². The summed E-state index contributed by atoms with van der Waals surface area (Å²) in [6.45, 7) is 17.1. The number of hydrogen-bond donors (Lipinski definition) is 4. The number of likely N-dealkylation sites (tertiary alicyclic amines) is 1. The van der Waals surface area contributed by atoms with Gasteiger partial charge in [-0.1, -0.05) is 57.2 Å². The molecule has 2 fully saturated rings. The number of nitrogens with zero attached hydrogens (tertiary/aromatic N) is 7. The number of fused-ring (bicyclic) bond motifs is 4. The number of thiazole rings is 1. The fraction of sp³-hybridized carbons (Fsp3) is 0.407. The van der Waals surface area contributed by atoms with Crippen LogP contribution < -0.4 is 25.6 Å². The largest absolute Gasteiger partial charge is 0.492 e. The summed E-state index contributed by atoms with van der Waals surface area (Å²) < 4.78 is 19.0. The number of nitrogens with one attached hydrogen (secondary N) is 3. The van der Waals surface area contributed by atoms with Crippen molar-refractivity contribution in [2.45, 2.75) is 105 Å². The fourth-order valence-electron chi connectivity index (χ4n) is 10.7. The summed E-state index contributed by atoms with van der Waals surface area (Å²) in [7, 11) is 1.37. The van der Waals surface area contributed by atoms with Gasteiger partial charge < -0.3 is 44.7 Å². The zero-order valence-corrected chi connectivity index (χ0v) is 47.9. The lowest BCUT2D eigenvalue weighted by atomic mass is 9.85. The number of aryl methyl sites for hydroxylation is 3. The number of β-amino-alcohol motifs (C(OH)–C–C–N with tert-alkyl or cyclic N) is 1. The molecule has 4 N–H and O–H groups in total. The van der Waals surface area contributed by atoms with Crippen molar-refractivity contribution in [2.75, 3.05) is 44.8 Å². The van der Waals surface area contributed by atoms with Crippen molar-refractivity contribution in [3.05, 3.63) is 129 Å². The third-order valence-electron chi connectivity index (χ3n) is 15.3. The molecule has 0 saturated carbocycles. The van der Waals surface area contributed by atoms with E-state index in [1.807, 2.05) is 88.0 Å². The lowest BCUT2D eigenvalue weighted by Gasteiger charge is -2.35. The number of thiophene rings is 1. The number of carbonyl (C=O) groups excluding carboxylic acids is 5. The monoisotopic (exact) mass is 1120 g/mol. The van der Waals surface area contributed by atoms with Crippen LogP contribution in [0.25, 0.3) is 26.4 Å². The van der Waals surface area contributed by atoms with Crippen molar-refractivity contribution in [3.63, 3.8) is 0 Å². The van der Waals surface area contributed by atoms with Gasteiger partial charge in [0, 0.05) is 53.1 Å². The van der Waals surface area contributed by atoms with Gasteiger partial charge in [0.2, 0.25) is 17.7 Å². The Morgan fingerprint density at radius 3 is 2.38 bits per heavy atom. The maximum absolute atomic E-state index is 14.4. The lowest BCUT2D eigenvalue weighted by molar-refractivity contribution is -0.142. The highest BCUT2D eigenvalue weighted by Gasteiger charge is 2.45. The molecule has 0 unspecified atom stereocenters. The Hall–Kier alpha value is -7.75. The van der Waals surface area contributed by atoms with Crippen molar-refractivity contribution in [3.8, 4) is 21.2 Å². The summed E-state index contributed by atoms with van der Waals surface area (Å²) >= 11 is 3.22. The molecule has 7 heterocycles. The maximum Gasteiger partial charge on any atom is 0.308 e. The Balaban J connectivity index is 0.717. The summed E-state index contributed by atoms with van der Waals surface area (Å²) in [4.78, 5) is 83.4. The van der Waals surface area contributed by atoms with Gasteiger partial charge in [0.1, 0.15) is 46.9 Å². The topological polar surface area (TPSA) is 236 Å². The van der Waals surface area contributed by atoms with Crippen molar-refractivity contribution >= 4 is 74.6 Å². The van der Waals surface area contributed by atoms with Gasteiger partial charge in [-0.05, 0) is 99.5 Å². The molecule has 80 heavy (non-hydrogen) atoms. The van der Waals surface area contributed by atoms with Crippen LogP contribution in [0.2, 0.25) is 0 Å². The highest BCUT2D eigenvalue weighted by molar-refractivity contribution is 7.15. The van der Waals surface area contributed by atoms with Crippen LogP contribution >= 0.6 is 22.7 Å². The summed E-state index contributed by atoms with van der Waals surface area (Å²) in [6, 6.07) is 19.8. The average Bonchev–Trinajstić information content (AvgIpc) is 4.33. The number of amides is 4. The number of ether oxygens (including phenoxy) is 2. The summed E-state index contributed by atoms with van der Waals surface area (Å²) in [5, 5.41) is 30.1. The van der Waals surface area contributed by atoms with Gasteiger partial charge in [-0.2, -0.15) is 0 Å². The standard InChI is InChI=1S/C59H66N10O9S2/c1-31-34(4)80-58-49(31)50(63-44(27-48(71)76-9)53-66-65-35(5)69(53)58)37-14-16-41(17-15-37)67-22-20-39(28-67)54(72)60-21-23-77-43-18-19-46-40(24-43)25-47(78-46)56(74)64-52(59(6,7)8)57(75)68-29-42(70)26-45(68)55(73)62-32(2)36-10-12-38(13-11-36)51-33(3)61-30-79-51/h10-19,24-25,30,32,39,42,44-45,52,70H,20-23,26-29H2,1-9H3,(H,60,72)(H,62,73)(H,64,74)/t32-,39+,42+,44-,45-,52+/m0/s1. The van der Waals surface area contributed by atoms with E-state index in [0.29, 0.717) is 47.9 Å². The zero-order chi connectivity index (χ0) is 56.7. The number of rotatable bonds is 16. The number of hydrogen-bond acceptors (Lipinski definition) is 16. The lowest BCUT2D eigenvalue weighted by Crippen LogP contribution is -2.57. The van der Waals surface area contributed by atoms with E-state index in [-0.39, 0.29) is 62.1 Å². The highest BCUT2D eigenvalue weighted by atomic mass is 32.1. The number of aliphatic hydroxyl groups excluding tert-OH is 1. The van der Waals surface area contributed by atoms with Gasteiger partial charge in [0.05, 0.1) is 59.9 Å². The molecule has 0 spiro atoms. The average molecular weight is 1120 g/mol. The Bertz CT molecular complexity index is 3520. The van der Waals surface area contributed by atoms with E-state index in [9.17, 15) is 29.1 Å². The molecule has 7 aromatic rings. The van der Waals surface area contributed by atoms with Crippen LogP contribution in [0.1, 0.15) is 114 Å². The Morgan fingerprint density at radius 2 is 1.66 bits per heavy atom. The molecule has 418 valence electrons. The third-order valence-corrected chi connectivity index (χ3v) is 17.5. The van der Waals surface area contributed by atoms with E-state index in [1.165, 1.54) is 12.0 Å². The third kappa shape index (κ3) is 11.4. The quantitative estimate of drug-likeness (QED) is 0.0533. The fourth-order valence-corrected chi connectivity index (χ4v) is 12.8. The normalized spacial score (nSPS) is 18.7. The van der Waals surface area contributed by atoms with Crippen LogP contribution in [0.4, 0.5) is 5.69 Å². The second kappa shape index (κ2) is 22.8. The summed E-state index contributed by atoms with van der Waals surface area (Å²) in [5.74, 6) is -0.356. The number of furan rings is 1. The first-order chi connectivity index (χ1) is 38.3. The van der Waals surface area contributed by atoms with Crippen molar-refractivity contribution < 1.29 is 43.0 Å². The van der Waals surface area contributed by atoms with E-state index < -0.39 is 47.4 Å². The molecule has 3 aliphatic heterocycles. The number of methoxy groups -OCH3 is 1. The van der Waals surface area contributed by atoms with Crippen LogP contribution in [0.5, 0.6) is 5.75 Å².